The van der Waals surface area contributed by atoms with E-state index < -0.39 is 10.5 Å². The molecule has 7 nitrogen and oxygen atoms in total. The molecule has 0 saturated carbocycles. The number of aromatic nitrogens is 2. The minimum absolute atomic E-state index is 0.0209. The monoisotopic (exact) mass is 384 g/mol. The lowest BCUT2D eigenvalue weighted by molar-refractivity contribution is -0.384. The van der Waals surface area contributed by atoms with E-state index in [4.69, 9.17) is 11.6 Å². The van der Waals surface area contributed by atoms with Crippen molar-refractivity contribution in [3.8, 4) is 5.69 Å². The topological polar surface area (TPSA) is 90.1 Å². The van der Waals surface area contributed by atoms with Gasteiger partial charge in [-0.05, 0) is 31.0 Å². The Labute approximate surface area is 160 Å². The molecule has 3 aromatic rings. The highest BCUT2D eigenvalue weighted by atomic mass is 35.5. The van der Waals surface area contributed by atoms with E-state index in [1.165, 1.54) is 41.6 Å². The van der Waals surface area contributed by atoms with Crippen molar-refractivity contribution in [3.05, 3.63) is 91.3 Å². The van der Waals surface area contributed by atoms with Crippen LogP contribution in [0.25, 0.3) is 5.69 Å². The SMILES string of the molecule is Cc1cccc(CCNc2cnn(-c3ccc([N+](=O)[O-])cc3)c(=O)c2Cl)c1. The van der Waals surface area contributed by atoms with E-state index in [-0.39, 0.29) is 10.7 Å². The highest BCUT2D eigenvalue weighted by molar-refractivity contribution is 6.32. The van der Waals surface area contributed by atoms with Crippen LogP contribution in [-0.2, 0) is 6.42 Å². The molecule has 0 aliphatic carbocycles. The second-order valence-corrected chi connectivity index (χ2v) is 6.41. The Morgan fingerprint density at radius 2 is 1.96 bits per heavy atom. The highest BCUT2D eigenvalue weighted by Gasteiger charge is 2.12. The summed E-state index contributed by atoms with van der Waals surface area (Å²) in [5, 5.41) is 18.0. The van der Waals surface area contributed by atoms with Gasteiger partial charge in [0.05, 0.1) is 22.5 Å². The van der Waals surface area contributed by atoms with E-state index in [0.717, 1.165) is 11.1 Å². The molecule has 3 rings (SSSR count). The molecule has 27 heavy (non-hydrogen) atoms. The number of hydrogen-bond acceptors (Lipinski definition) is 5. The molecule has 0 aliphatic rings. The largest absolute Gasteiger partial charge is 0.382 e. The molecule has 0 spiro atoms. The Bertz CT molecular complexity index is 1030. The van der Waals surface area contributed by atoms with Crippen LogP contribution in [0.15, 0.2) is 59.5 Å². The van der Waals surface area contributed by atoms with Gasteiger partial charge in [0.25, 0.3) is 11.2 Å². The van der Waals surface area contributed by atoms with Crippen LogP contribution in [0.2, 0.25) is 5.02 Å². The van der Waals surface area contributed by atoms with Gasteiger partial charge in [0.2, 0.25) is 0 Å². The summed E-state index contributed by atoms with van der Waals surface area (Å²) in [6, 6.07) is 13.7. The normalized spacial score (nSPS) is 10.6. The fourth-order valence-electron chi connectivity index (χ4n) is 2.66. The van der Waals surface area contributed by atoms with Gasteiger partial charge in [-0.2, -0.15) is 9.78 Å². The fraction of sp³-hybridized carbons (Fsp3) is 0.158. The van der Waals surface area contributed by atoms with E-state index in [9.17, 15) is 14.9 Å². The molecule has 0 radical (unpaired) electrons. The van der Waals surface area contributed by atoms with Gasteiger partial charge in [-0.25, -0.2) is 0 Å². The molecule has 0 bridgehead atoms. The van der Waals surface area contributed by atoms with Gasteiger partial charge in [-0.1, -0.05) is 41.4 Å². The number of nitrogens with zero attached hydrogens (tertiary/aromatic N) is 3. The molecule has 0 aliphatic heterocycles. The predicted octanol–water partition coefficient (Wildman–Crippen LogP) is 3.76. The Kier molecular flexibility index (Phi) is 5.52. The van der Waals surface area contributed by atoms with Gasteiger partial charge in [0.15, 0.2) is 0 Å². The molecule has 0 saturated heterocycles. The second-order valence-electron chi connectivity index (χ2n) is 6.03. The zero-order valence-electron chi connectivity index (χ0n) is 14.6. The Hall–Kier alpha value is -3.19. The number of benzene rings is 2. The third-order valence-electron chi connectivity index (χ3n) is 4.04. The molecule has 2 aromatic carbocycles. The van der Waals surface area contributed by atoms with Crippen molar-refractivity contribution >= 4 is 23.0 Å². The molecule has 0 fully saturated rings. The maximum Gasteiger partial charge on any atom is 0.292 e. The standard InChI is InChI=1S/C19H17ClN4O3/c1-13-3-2-4-14(11-13)9-10-21-17-12-22-23(19(25)18(17)20)15-5-7-16(8-6-15)24(26)27/h2-8,11-12,21H,9-10H2,1H3. The van der Waals surface area contributed by atoms with E-state index >= 15 is 0 Å². The average Bonchev–Trinajstić information content (AvgIpc) is 2.65. The summed E-state index contributed by atoms with van der Waals surface area (Å²) in [7, 11) is 0. The molecule has 1 aromatic heterocycles. The van der Waals surface area contributed by atoms with Crippen molar-refractivity contribution in [2.24, 2.45) is 0 Å². The number of nitro groups is 1. The van der Waals surface area contributed by atoms with E-state index in [1.807, 2.05) is 25.1 Å². The number of aryl methyl sites for hydroxylation is 1. The van der Waals surface area contributed by atoms with Gasteiger partial charge in [0, 0.05) is 18.7 Å². The second kappa shape index (κ2) is 8.01. The summed E-state index contributed by atoms with van der Waals surface area (Å²) in [6.07, 6.45) is 2.25. The van der Waals surface area contributed by atoms with Gasteiger partial charge >= 0.3 is 0 Å². The minimum atomic E-state index is -0.506. The lowest BCUT2D eigenvalue weighted by Gasteiger charge is -2.10. The van der Waals surface area contributed by atoms with Gasteiger partial charge in [-0.15, -0.1) is 0 Å². The number of nitrogens with one attached hydrogen (secondary N) is 1. The summed E-state index contributed by atoms with van der Waals surface area (Å²) >= 11 is 6.19. The first-order valence-corrected chi connectivity index (χ1v) is 8.65. The first-order chi connectivity index (χ1) is 13.0. The Morgan fingerprint density at radius 3 is 2.63 bits per heavy atom. The van der Waals surface area contributed by atoms with Crippen LogP contribution in [0.3, 0.4) is 0 Å². The average molecular weight is 385 g/mol. The zero-order chi connectivity index (χ0) is 19.4. The van der Waals surface area contributed by atoms with Crippen LogP contribution in [0, 0.1) is 17.0 Å². The maximum atomic E-state index is 12.5. The maximum absolute atomic E-state index is 12.5. The first kappa shape index (κ1) is 18.6. The van der Waals surface area contributed by atoms with E-state index in [1.54, 1.807) is 0 Å². The third-order valence-corrected chi connectivity index (χ3v) is 4.40. The van der Waals surface area contributed by atoms with Crippen molar-refractivity contribution in [1.82, 2.24) is 9.78 Å². The van der Waals surface area contributed by atoms with Crippen molar-refractivity contribution in [1.29, 1.82) is 0 Å². The van der Waals surface area contributed by atoms with Crippen LogP contribution in [0.1, 0.15) is 11.1 Å². The number of hydrogen-bond donors (Lipinski definition) is 1. The lowest BCUT2D eigenvalue weighted by atomic mass is 10.1. The van der Waals surface area contributed by atoms with Crippen molar-refractivity contribution < 1.29 is 4.92 Å². The molecule has 0 amide bonds. The summed E-state index contributed by atoms with van der Waals surface area (Å²) in [5.74, 6) is 0. The molecular formula is C19H17ClN4O3. The van der Waals surface area contributed by atoms with E-state index in [2.05, 4.69) is 16.5 Å². The number of rotatable bonds is 6. The number of non-ortho nitro benzene ring substituents is 1. The molecule has 138 valence electrons. The van der Waals surface area contributed by atoms with Crippen LogP contribution in [-0.4, -0.2) is 21.2 Å². The summed E-state index contributed by atoms with van der Waals surface area (Å²) in [4.78, 5) is 22.7. The quantitative estimate of drug-likeness (QED) is 0.516. The summed E-state index contributed by atoms with van der Waals surface area (Å²) < 4.78 is 1.11. The third kappa shape index (κ3) is 4.32. The minimum Gasteiger partial charge on any atom is -0.382 e. The van der Waals surface area contributed by atoms with Crippen LogP contribution < -0.4 is 10.9 Å². The number of anilines is 1. The van der Waals surface area contributed by atoms with E-state index in [0.29, 0.717) is 17.9 Å². The summed E-state index contributed by atoms with van der Waals surface area (Å²) in [6.45, 7) is 2.64. The first-order valence-electron chi connectivity index (χ1n) is 8.28. The number of halogens is 1. The predicted molar refractivity (Wildman–Crippen MR) is 105 cm³/mol. The highest BCUT2D eigenvalue weighted by Crippen LogP contribution is 2.18. The molecular weight excluding hydrogens is 368 g/mol. The van der Waals surface area contributed by atoms with Crippen molar-refractivity contribution in [2.45, 2.75) is 13.3 Å². The van der Waals surface area contributed by atoms with Gasteiger partial charge < -0.3 is 5.32 Å². The molecule has 8 heteroatoms. The van der Waals surface area contributed by atoms with Gasteiger partial charge in [0.1, 0.15) is 5.02 Å². The van der Waals surface area contributed by atoms with Crippen molar-refractivity contribution in [2.75, 3.05) is 11.9 Å². The Balaban J connectivity index is 1.74. The summed E-state index contributed by atoms with van der Waals surface area (Å²) in [5.41, 5.74) is 2.67. The molecule has 0 atom stereocenters. The van der Waals surface area contributed by atoms with Crippen molar-refractivity contribution in [3.63, 3.8) is 0 Å². The molecule has 0 unspecified atom stereocenters. The molecule has 1 heterocycles. The molecule has 1 N–H and O–H groups in total. The lowest BCUT2D eigenvalue weighted by Crippen LogP contribution is -2.23. The number of nitro benzene ring substituents is 1. The van der Waals surface area contributed by atoms with Crippen LogP contribution >= 0.6 is 11.6 Å². The smallest absolute Gasteiger partial charge is 0.292 e. The van der Waals surface area contributed by atoms with Crippen LogP contribution in [0.4, 0.5) is 11.4 Å². The zero-order valence-corrected chi connectivity index (χ0v) is 15.3. The fourth-order valence-corrected chi connectivity index (χ4v) is 2.86. The Morgan fingerprint density at radius 1 is 1.22 bits per heavy atom. The van der Waals surface area contributed by atoms with Gasteiger partial charge in [-0.3, -0.25) is 14.9 Å². The van der Waals surface area contributed by atoms with Crippen LogP contribution in [0.5, 0.6) is 0 Å².